The van der Waals surface area contributed by atoms with Gasteiger partial charge in [-0.1, -0.05) is 0 Å². The largest absolute Gasteiger partial charge is 0.354 e. The summed E-state index contributed by atoms with van der Waals surface area (Å²) in [4.78, 5) is 42.1. The first-order valence-corrected chi connectivity index (χ1v) is 10.2. The third kappa shape index (κ3) is 2.64. The van der Waals surface area contributed by atoms with Gasteiger partial charge in [-0.3, -0.25) is 14.2 Å². The van der Waals surface area contributed by atoms with Crippen LogP contribution in [-0.2, 0) is 25.4 Å². The zero-order valence-corrected chi connectivity index (χ0v) is 16.5. The second-order valence-corrected chi connectivity index (χ2v) is 9.45. The number of carbonyl (C=O) groups is 1. The summed E-state index contributed by atoms with van der Waals surface area (Å²) in [5.74, 6) is 2.21. The van der Waals surface area contributed by atoms with E-state index in [-0.39, 0.29) is 17.9 Å². The second-order valence-electron chi connectivity index (χ2n) is 9.45. The topological polar surface area (TPSA) is 90.9 Å². The molecule has 6 rings (SSSR count). The molecule has 4 fully saturated rings. The third-order valence-electron chi connectivity index (χ3n) is 7.33. The number of hydrogen-bond donors (Lipinski definition) is 1. The van der Waals surface area contributed by atoms with E-state index in [1.54, 1.807) is 18.7 Å². The minimum atomic E-state index is -0.513. The zero-order valence-electron chi connectivity index (χ0n) is 16.5. The van der Waals surface area contributed by atoms with Crippen LogP contribution < -0.4 is 16.6 Å². The number of carbonyl (C=O) groups excluding carboxylic acids is 1. The first kappa shape index (κ1) is 17.7. The van der Waals surface area contributed by atoms with E-state index >= 15 is 0 Å². The van der Waals surface area contributed by atoms with E-state index in [2.05, 4.69) is 10.3 Å². The Kier molecular flexibility index (Phi) is 3.83. The predicted octanol–water partition coefficient (Wildman–Crippen LogP) is 0.766. The lowest BCUT2D eigenvalue weighted by molar-refractivity contribution is -0.124. The van der Waals surface area contributed by atoms with Gasteiger partial charge in [-0.25, -0.2) is 14.3 Å². The maximum Gasteiger partial charge on any atom is 0.332 e. The van der Waals surface area contributed by atoms with Crippen LogP contribution >= 0.6 is 0 Å². The molecule has 0 aliphatic heterocycles. The summed E-state index contributed by atoms with van der Waals surface area (Å²) in [6, 6.07) is 0. The quantitative estimate of drug-likeness (QED) is 0.842. The molecule has 4 aliphatic carbocycles. The maximum atomic E-state index is 12.8. The minimum absolute atomic E-state index is 0.228. The van der Waals surface area contributed by atoms with E-state index in [1.165, 1.54) is 49.4 Å². The fourth-order valence-corrected chi connectivity index (χ4v) is 6.53. The highest BCUT2D eigenvalue weighted by molar-refractivity contribution is 5.76. The lowest BCUT2D eigenvalue weighted by Crippen LogP contribution is -2.52. The van der Waals surface area contributed by atoms with E-state index in [9.17, 15) is 14.4 Å². The van der Waals surface area contributed by atoms with Crippen molar-refractivity contribution in [2.45, 2.75) is 45.1 Å². The number of imidazole rings is 1. The molecule has 0 radical (unpaired) electrons. The summed E-state index contributed by atoms with van der Waals surface area (Å²) < 4.78 is 3.92. The standard InChI is InChI=1S/C20H27N5O3/c1-23-11-22-17-16(23)18(27)25(19(28)24(17)2)9-15(26)21-10-20-6-12-3-13(7-20)5-14(4-12)8-20/h11-14H,3-10H2,1-2H3,(H,21,26). The van der Waals surface area contributed by atoms with Crippen LogP contribution in [0.4, 0.5) is 0 Å². The first-order chi connectivity index (χ1) is 13.3. The van der Waals surface area contributed by atoms with Crippen molar-refractivity contribution in [2.24, 2.45) is 37.3 Å². The van der Waals surface area contributed by atoms with Gasteiger partial charge in [0.1, 0.15) is 6.54 Å². The lowest BCUT2D eigenvalue weighted by Gasteiger charge is -2.56. The summed E-state index contributed by atoms with van der Waals surface area (Å²) in [5, 5.41) is 3.05. The summed E-state index contributed by atoms with van der Waals surface area (Å²) in [6.07, 6.45) is 9.23. The maximum absolute atomic E-state index is 12.8. The fraction of sp³-hybridized carbons (Fsp3) is 0.700. The van der Waals surface area contributed by atoms with Crippen molar-refractivity contribution in [3.8, 4) is 0 Å². The molecule has 2 aromatic rings. The van der Waals surface area contributed by atoms with Gasteiger partial charge in [0.25, 0.3) is 5.56 Å². The Morgan fingerprint density at radius 1 is 1.14 bits per heavy atom. The lowest BCUT2D eigenvalue weighted by atomic mass is 9.49. The monoisotopic (exact) mass is 385 g/mol. The molecule has 2 aromatic heterocycles. The number of amides is 1. The normalized spacial score (nSPS) is 30.9. The van der Waals surface area contributed by atoms with Crippen LogP contribution in [0.3, 0.4) is 0 Å². The molecule has 4 saturated carbocycles. The van der Waals surface area contributed by atoms with Crippen LogP contribution in [0.25, 0.3) is 11.2 Å². The fourth-order valence-electron chi connectivity index (χ4n) is 6.53. The molecule has 0 saturated heterocycles. The smallest absolute Gasteiger partial charge is 0.332 e. The van der Waals surface area contributed by atoms with E-state index in [1.807, 2.05) is 0 Å². The molecule has 150 valence electrons. The van der Waals surface area contributed by atoms with Gasteiger partial charge < -0.3 is 9.88 Å². The molecule has 28 heavy (non-hydrogen) atoms. The molecular weight excluding hydrogens is 358 g/mol. The molecule has 0 unspecified atom stereocenters. The van der Waals surface area contributed by atoms with Gasteiger partial charge in [0.05, 0.1) is 6.33 Å². The Morgan fingerprint density at radius 3 is 2.36 bits per heavy atom. The Hall–Kier alpha value is -2.38. The van der Waals surface area contributed by atoms with E-state index in [0.717, 1.165) is 22.3 Å². The number of nitrogens with one attached hydrogen (secondary N) is 1. The van der Waals surface area contributed by atoms with Gasteiger partial charge in [-0.2, -0.15) is 0 Å². The van der Waals surface area contributed by atoms with Crippen LogP contribution in [0.15, 0.2) is 15.9 Å². The number of nitrogens with zero attached hydrogens (tertiary/aromatic N) is 4. The molecule has 4 bridgehead atoms. The van der Waals surface area contributed by atoms with Crippen LogP contribution in [0.2, 0.25) is 0 Å². The number of hydrogen-bond acceptors (Lipinski definition) is 4. The summed E-state index contributed by atoms with van der Waals surface area (Å²) in [7, 11) is 3.28. The van der Waals surface area contributed by atoms with E-state index in [4.69, 9.17) is 0 Å². The number of fused-ring (bicyclic) bond motifs is 1. The Morgan fingerprint density at radius 2 is 1.75 bits per heavy atom. The van der Waals surface area contributed by atoms with Crippen molar-refractivity contribution in [2.75, 3.05) is 6.54 Å². The molecule has 1 N–H and O–H groups in total. The van der Waals surface area contributed by atoms with Gasteiger partial charge >= 0.3 is 5.69 Å². The molecule has 8 heteroatoms. The molecular formula is C20H27N5O3. The zero-order chi connectivity index (χ0) is 19.6. The van der Waals surface area contributed by atoms with Gasteiger partial charge in [0.15, 0.2) is 11.2 Å². The van der Waals surface area contributed by atoms with Crippen molar-refractivity contribution in [3.05, 3.63) is 27.2 Å². The number of rotatable bonds is 4. The van der Waals surface area contributed by atoms with Crippen molar-refractivity contribution >= 4 is 17.1 Å². The molecule has 0 aromatic carbocycles. The minimum Gasteiger partial charge on any atom is -0.354 e. The van der Waals surface area contributed by atoms with Crippen LogP contribution in [0, 0.1) is 23.2 Å². The van der Waals surface area contributed by atoms with Gasteiger partial charge in [-0.15, -0.1) is 0 Å². The Bertz CT molecular complexity index is 1040. The SMILES string of the molecule is Cn1cnc2c1c(=O)n(CC(=O)NCC13CC4CC(CC(C4)C1)C3)c(=O)n2C. The van der Waals surface area contributed by atoms with Crippen molar-refractivity contribution in [1.82, 2.24) is 24.0 Å². The van der Waals surface area contributed by atoms with Crippen molar-refractivity contribution in [3.63, 3.8) is 0 Å². The number of aryl methyl sites for hydroxylation is 2. The Labute approximate surface area is 162 Å². The highest BCUT2D eigenvalue weighted by Crippen LogP contribution is 2.59. The third-order valence-corrected chi connectivity index (χ3v) is 7.33. The van der Waals surface area contributed by atoms with Crippen LogP contribution in [0.5, 0.6) is 0 Å². The molecule has 4 aliphatic rings. The average Bonchev–Trinajstić information content (AvgIpc) is 3.03. The van der Waals surface area contributed by atoms with Gasteiger partial charge in [-0.05, 0) is 61.7 Å². The molecule has 2 heterocycles. The highest BCUT2D eigenvalue weighted by atomic mass is 16.2. The predicted molar refractivity (Wildman–Crippen MR) is 104 cm³/mol. The Balaban J connectivity index is 1.35. The average molecular weight is 385 g/mol. The van der Waals surface area contributed by atoms with E-state index in [0.29, 0.717) is 17.7 Å². The number of aromatic nitrogens is 4. The molecule has 0 atom stereocenters. The van der Waals surface area contributed by atoms with Crippen molar-refractivity contribution in [1.29, 1.82) is 0 Å². The van der Waals surface area contributed by atoms with Gasteiger partial charge in [0.2, 0.25) is 5.91 Å². The van der Waals surface area contributed by atoms with Crippen LogP contribution in [0.1, 0.15) is 38.5 Å². The van der Waals surface area contributed by atoms with Gasteiger partial charge in [0, 0.05) is 20.6 Å². The second kappa shape index (κ2) is 6.06. The van der Waals surface area contributed by atoms with Crippen molar-refractivity contribution < 1.29 is 4.79 Å². The first-order valence-electron chi connectivity index (χ1n) is 10.2. The molecule has 0 spiro atoms. The molecule has 1 amide bonds. The highest BCUT2D eigenvalue weighted by Gasteiger charge is 2.50. The summed E-state index contributed by atoms with van der Waals surface area (Å²) >= 11 is 0. The van der Waals surface area contributed by atoms with Crippen LogP contribution in [-0.4, -0.2) is 31.1 Å². The molecule has 8 nitrogen and oxygen atoms in total. The van der Waals surface area contributed by atoms with E-state index < -0.39 is 11.2 Å². The summed E-state index contributed by atoms with van der Waals surface area (Å²) in [5.41, 5.74) is -0.0882. The summed E-state index contributed by atoms with van der Waals surface area (Å²) in [6.45, 7) is 0.414.